The Morgan fingerprint density at radius 1 is 1.17 bits per heavy atom. The molecule has 3 amide bonds. The maximum Gasteiger partial charge on any atom is 0.257 e. The topological polar surface area (TPSA) is 104 Å². The summed E-state index contributed by atoms with van der Waals surface area (Å²) in [5.74, 6) is 0.656. The van der Waals surface area contributed by atoms with Crippen molar-refractivity contribution in [2.24, 2.45) is 0 Å². The highest BCUT2D eigenvalue weighted by molar-refractivity contribution is 5.96. The van der Waals surface area contributed by atoms with Crippen molar-refractivity contribution in [3.05, 3.63) is 53.7 Å². The number of hydrogen-bond acceptors (Lipinski definition) is 7. The van der Waals surface area contributed by atoms with Gasteiger partial charge in [-0.15, -0.1) is 0 Å². The summed E-state index contributed by atoms with van der Waals surface area (Å²) in [6.07, 6.45) is 2.07. The first kappa shape index (κ1) is 24.1. The number of carbonyl (C=O) groups is 3. The number of piperazine rings is 1. The van der Waals surface area contributed by atoms with Crippen molar-refractivity contribution in [1.29, 1.82) is 0 Å². The molecule has 3 aliphatic rings. The average Bonchev–Trinajstić information content (AvgIpc) is 3.28. The normalized spacial score (nSPS) is 24.6. The summed E-state index contributed by atoms with van der Waals surface area (Å²) in [6, 6.07) is 10.2. The average molecular weight is 494 g/mol. The first-order valence-electron chi connectivity index (χ1n) is 12.2. The maximum atomic E-state index is 14.0. The molecular weight excluding hydrogens is 462 g/mol. The van der Waals surface area contributed by atoms with Gasteiger partial charge in [0, 0.05) is 57.4 Å². The Kier molecular flexibility index (Phi) is 6.77. The number of aromatic nitrogens is 1. The fraction of sp³-hybridized carbons (Fsp3) is 0.462. The van der Waals surface area contributed by atoms with E-state index >= 15 is 0 Å². The summed E-state index contributed by atoms with van der Waals surface area (Å²) in [6.45, 7) is 3.98. The number of rotatable bonds is 3. The van der Waals surface area contributed by atoms with E-state index in [1.165, 1.54) is 6.92 Å². The number of nitrogens with zero attached hydrogens (tertiary/aromatic N) is 4. The van der Waals surface area contributed by atoms with Crippen molar-refractivity contribution < 1.29 is 23.9 Å². The molecule has 3 aliphatic heterocycles. The number of likely N-dealkylation sites (tertiary alicyclic amines) is 1. The number of amides is 3. The number of ether oxygens (including phenoxy) is 2. The van der Waals surface area contributed by atoms with Crippen LogP contribution in [0.3, 0.4) is 0 Å². The predicted molar refractivity (Wildman–Crippen MR) is 131 cm³/mol. The second-order valence-electron chi connectivity index (χ2n) is 9.48. The van der Waals surface area contributed by atoms with Crippen LogP contribution in [0.25, 0.3) is 0 Å². The Balaban J connectivity index is 1.49. The van der Waals surface area contributed by atoms with Gasteiger partial charge in [-0.2, -0.15) is 0 Å². The number of carbonyl (C=O) groups excluding carboxylic acids is 3. The van der Waals surface area contributed by atoms with Crippen LogP contribution < -0.4 is 14.8 Å². The molecule has 1 aromatic carbocycles. The fourth-order valence-corrected chi connectivity index (χ4v) is 5.37. The number of nitrogens with one attached hydrogen (secondary N) is 1. The fourth-order valence-electron chi connectivity index (χ4n) is 5.37. The molecule has 0 radical (unpaired) electrons. The Bertz CT molecular complexity index is 1160. The van der Waals surface area contributed by atoms with Gasteiger partial charge in [0.05, 0.1) is 19.2 Å². The number of para-hydroxylation sites is 1. The van der Waals surface area contributed by atoms with E-state index < -0.39 is 6.04 Å². The number of hydrogen-bond donors (Lipinski definition) is 1. The molecule has 2 aromatic rings. The van der Waals surface area contributed by atoms with Crippen molar-refractivity contribution in [1.82, 2.24) is 25.0 Å². The Morgan fingerprint density at radius 2 is 2.00 bits per heavy atom. The number of fused-ring (bicyclic) bond motifs is 4. The third kappa shape index (κ3) is 4.73. The first-order chi connectivity index (χ1) is 17.4. The lowest BCUT2D eigenvalue weighted by Crippen LogP contribution is -2.61. The molecule has 4 heterocycles. The molecule has 1 aromatic heterocycles. The lowest BCUT2D eigenvalue weighted by atomic mass is 10.1. The zero-order valence-corrected chi connectivity index (χ0v) is 20.6. The number of benzene rings is 1. The van der Waals surface area contributed by atoms with Gasteiger partial charge in [-0.05, 0) is 24.6 Å². The molecule has 2 fully saturated rings. The van der Waals surface area contributed by atoms with Gasteiger partial charge < -0.3 is 24.6 Å². The first-order valence-corrected chi connectivity index (χ1v) is 12.2. The van der Waals surface area contributed by atoms with E-state index in [-0.39, 0.29) is 42.3 Å². The lowest BCUT2D eigenvalue weighted by molar-refractivity contribution is -0.146. The number of pyridine rings is 1. The maximum absolute atomic E-state index is 14.0. The van der Waals surface area contributed by atoms with E-state index in [0.29, 0.717) is 44.7 Å². The summed E-state index contributed by atoms with van der Waals surface area (Å²) in [5.41, 5.74) is 1.33. The second-order valence-corrected chi connectivity index (χ2v) is 9.48. The lowest BCUT2D eigenvalue weighted by Gasteiger charge is -2.42. The summed E-state index contributed by atoms with van der Waals surface area (Å²) in [7, 11) is 1.63. The van der Waals surface area contributed by atoms with Crippen molar-refractivity contribution in [2.45, 2.75) is 38.0 Å². The number of methoxy groups -OCH3 is 1. The highest BCUT2D eigenvalue weighted by Crippen LogP contribution is 2.29. The van der Waals surface area contributed by atoms with Crippen LogP contribution in [0.2, 0.25) is 0 Å². The second kappa shape index (κ2) is 10.1. The molecule has 3 atom stereocenters. The zero-order chi connectivity index (χ0) is 25.2. The smallest absolute Gasteiger partial charge is 0.257 e. The molecule has 36 heavy (non-hydrogen) atoms. The Labute approximate surface area is 210 Å². The van der Waals surface area contributed by atoms with Crippen LogP contribution in [0.5, 0.6) is 11.6 Å². The SMILES string of the molecule is COc1ccccc1CN1C[C@H]2C[C@H]1C(=O)N1CCN(C(C)=O)C[C@H]1COc1ncccc1C(=O)N2. The van der Waals surface area contributed by atoms with Gasteiger partial charge in [-0.3, -0.25) is 19.3 Å². The summed E-state index contributed by atoms with van der Waals surface area (Å²) < 4.78 is 11.5. The molecule has 10 heteroatoms. The van der Waals surface area contributed by atoms with E-state index in [9.17, 15) is 14.4 Å². The standard InChI is InChI=1S/C26H31N5O5/c1-17(32)29-10-11-31-20(15-29)16-36-25-21(7-5-9-27-25)24(33)28-19-12-22(26(31)34)30(14-19)13-18-6-3-4-8-23(18)35-2/h3-9,19-20,22H,10-16H2,1-2H3,(H,28,33)/t19-,20+,22+/m1/s1. The van der Waals surface area contributed by atoms with Crippen LogP contribution >= 0.6 is 0 Å². The molecule has 2 saturated heterocycles. The van der Waals surface area contributed by atoms with Crippen LogP contribution in [0.1, 0.15) is 29.3 Å². The predicted octanol–water partition coefficient (Wildman–Crippen LogP) is 0.915. The molecule has 1 N–H and O–H groups in total. The van der Waals surface area contributed by atoms with E-state index in [0.717, 1.165) is 11.3 Å². The molecule has 0 aliphatic carbocycles. The zero-order valence-electron chi connectivity index (χ0n) is 20.6. The van der Waals surface area contributed by atoms with Crippen molar-refractivity contribution in [2.75, 3.05) is 39.9 Å². The Morgan fingerprint density at radius 3 is 2.81 bits per heavy atom. The van der Waals surface area contributed by atoms with Gasteiger partial charge in [-0.1, -0.05) is 18.2 Å². The van der Waals surface area contributed by atoms with Crippen LogP contribution in [-0.4, -0.2) is 95.4 Å². The van der Waals surface area contributed by atoms with Crippen molar-refractivity contribution >= 4 is 17.7 Å². The highest BCUT2D eigenvalue weighted by atomic mass is 16.5. The summed E-state index contributed by atoms with van der Waals surface area (Å²) in [5, 5.41) is 3.09. The molecule has 0 saturated carbocycles. The van der Waals surface area contributed by atoms with Crippen LogP contribution in [0, 0.1) is 0 Å². The minimum Gasteiger partial charge on any atom is -0.496 e. The van der Waals surface area contributed by atoms with Gasteiger partial charge in [0.15, 0.2) is 0 Å². The van der Waals surface area contributed by atoms with E-state index in [1.54, 1.807) is 30.3 Å². The highest BCUT2D eigenvalue weighted by Gasteiger charge is 2.43. The van der Waals surface area contributed by atoms with Gasteiger partial charge in [0.25, 0.3) is 5.91 Å². The third-order valence-electron chi connectivity index (χ3n) is 7.23. The van der Waals surface area contributed by atoms with Crippen molar-refractivity contribution in [3.63, 3.8) is 0 Å². The molecule has 0 unspecified atom stereocenters. The molecule has 190 valence electrons. The molecule has 10 nitrogen and oxygen atoms in total. The van der Waals surface area contributed by atoms with E-state index in [4.69, 9.17) is 9.47 Å². The van der Waals surface area contributed by atoms with Gasteiger partial charge in [0.1, 0.15) is 17.9 Å². The van der Waals surface area contributed by atoms with E-state index in [1.807, 2.05) is 29.2 Å². The molecule has 2 bridgehead atoms. The van der Waals surface area contributed by atoms with Gasteiger partial charge in [-0.25, -0.2) is 4.98 Å². The van der Waals surface area contributed by atoms with Crippen molar-refractivity contribution in [3.8, 4) is 11.6 Å². The quantitative estimate of drug-likeness (QED) is 0.678. The molecule has 5 rings (SSSR count). The minimum absolute atomic E-state index is 0.0136. The van der Waals surface area contributed by atoms with E-state index in [2.05, 4.69) is 15.2 Å². The largest absolute Gasteiger partial charge is 0.496 e. The summed E-state index contributed by atoms with van der Waals surface area (Å²) in [4.78, 5) is 49.2. The van der Waals surface area contributed by atoms with Crippen LogP contribution in [0.15, 0.2) is 42.6 Å². The van der Waals surface area contributed by atoms with Crippen LogP contribution in [0.4, 0.5) is 0 Å². The van der Waals surface area contributed by atoms with Gasteiger partial charge >= 0.3 is 0 Å². The Hall–Kier alpha value is -3.66. The monoisotopic (exact) mass is 493 g/mol. The van der Waals surface area contributed by atoms with Gasteiger partial charge in [0.2, 0.25) is 17.7 Å². The molecule has 0 spiro atoms. The third-order valence-corrected chi connectivity index (χ3v) is 7.23. The molecular formula is C26H31N5O5. The van der Waals surface area contributed by atoms with Crippen LogP contribution in [-0.2, 0) is 16.1 Å². The minimum atomic E-state index is -0.417. The summed E-state index contributed by atoms with van der Waals surface area (Å²) >= 11 is 0.